The zero-order valence-corrected chi connectivity index (χ0v) is 22.8. The summed E-state index contributed by atoms with van der Waals surface area (Å²) in [4.78, 5) is 30.5. The van der Waals surface area contributed by atoms with Crippen LogP contribution in [0.4, 0.5) is 10.1 Å². The van der Waals surface area contributed by atoms with Crippen molar-refractivity contribution >= 4 is 33.5 Å². The molecule has 2 aliphatic heterocycles. The second kappa shape index (κ2) is 13.0. The molecule has 0 aromatic heterocycles. The number of carbonyl (C=O) groups is 2. The molecule has 0 aliphatic carbocycles. The molecule has 1 fully saturated rings. The van der Waals surface area contributed by atoms with Crippen LogP contribution in [0.15, 0.2) is 52.4 Å². The quantitative estimate of drug-likeness (QED) is 0.277. The molecule has 4 rings (SSSR count). The van der Waals surface area contributed by atoms with Gasteiger partial charge in [-0.2, -0.15) is 4.72 Å². The summed E-state index contributed by atoms with van der Waals surface area (Å²) in [5, 5.41) is 18.5. The van der Waals surface area contributed by atoms with Crippen LogP contribution in [-0.2, 0) is 14.8 Å². The SMILES string of the molecule is COc1ccc(S(=O)(=O)NC(CNC(=O)c2ccc(N3CCC(NC4=NCCCN4)CC3)c(F)c2)C(=O)O)cc1. The van der Waals surface area contributed by atoms with Gasteiger partial charge in [0.25, 0.3) is 5.91 Å². The van der Waals surface area contributed by atoms with Crippen molar-refractivity contribution < 1.29 is 32.2 Å². The molecule has 12 nitrogen and oxygen atoms in total. The highest BCUT2D eigenvalue weighted by Gasteiger charge is 2.27. The van der Waals surface area contributed by atoms with Crippen LogP contribution >= 0.6 is 0 Å². The van der Waals surface area contributed by atoms with Gasteiger partial charge in [-0.3, -0.25) is 14.6 Å². The molecule has 1 saturated heterocycles. The second-order valence-electron chi connectivity index (χ2n) is 9.48. The average molecular weight is 577 g/mol. The summed E-state index contributed by atoms with van der Waals surface area (Å²) in [5.74, 6) is -1.55. The maximum atomic E-state index is 15.0. The number of hydrogen-bond acceptors (Lipinski definition) is 9. The molecule has 0 radical (unpaired) electrons. The van der Waals surface area contributed by atoms with Crippen molar-refractivity contribution in [1.29, 1.82) is 0 Å². The van der Waals surface area contributed by atoms with E-state index in [0.717, 1.165) is 44.4 Å². The molecule has 14 heteroatoms. The van der Waals surface area contributed by atoms with Gasteiger partial charge >= 0.3 is 5.97 Å². The number of amides is 1. The van der Waals surface area contributed by atoms with Gasteiger partial charge in [-0.1, -0.05) is 0 Å². The maximum absolute atomic E-state index is 15.0. The molecule has 1 atom stereocenters. The predicted molar refractivity (Wildman–Crippen MR) is 147 cm³/mol. The molecule has 2 aromatic rings. The van der Waals surface area contributed by atoms with E-state index in [1.165, 1.54) is 43.5 Å². The highest BCUT2D eigenvalue weighted by Crippen LogP contribution is 2.24. The number of halogens is 1. The zero-order valence-electron chi connectivity index (χ0n) is 22.0. The number of aliphatic carboxylic acids is 1. The number of aliphatic imine (C=N–C) groups is 1. The van der Waals surface area contributed by atoms with Crippen LogP contribution in [0.5, 0.6) is 5.75 Å². The van der Waals surface area contributed by atoms with Gasteiger partial charge in [0.05, 0.1) is 17.7 Å². The van der Waals surface area contributed by atoms with Crippen LogP contribution in [0.1, 0.15) is 29.6 Å². The number of anilines is 1. The highest BCUT2D eigenvalue weighted by molar-refractivity contribution is 7.89. The van der Waals surface area contributed by atoms with Gasteiger partial charge in [0.15, 0.2) is 5.96 Å². The molecule has 0 spiro atoms. The van der Waals surface area contributed by atoms with Crippen LogP contribution < -0.4 is 30.3 Å². The van der Waals surface area contributed by atoms with Gasteiger partial charge in [-0.25, -0.2) is 12.8 Å². The van der Waals surface area contributed by atoms with E-state index in [-0.39, 0.29) is 16.5 Å². The Morgan fingerprint density at radius 1 is 1.20 bits per heavy atom. The van der Waals surface area contributed by atoms with Crippen LogP contribution in [0.3, 0.4) is 0 Å². The number of hydrogen-bond donors (Lipinski definition) is 5. The van der Waals surface area contributed by atoms with E-state index >= 15 is 0 Å². The lowest BCUT2D eigenvalue weighted by molar-refractivity contribution is -0.138. The number of carboxylic acid groups (broad SMARTS) is 1. The van der Waals surface area contributed by atoms with E-state index in [4.69, 9.17) is 4.74 Å². The lowest BCUT2D eigenvalue weighted by atomic mass is 10.0. The van der Waals surface area contributed by atoms with Gasteiger partial charge < -0.3 is 30.7 Å². The summed E-state index contributed by atoms with van der Waals surface area (Å²) in [5.41, 5.74) is 0.361. The number of nitrogens with one attached hydrogen (secondary N) is 4. The Kier molecular flexibility index (Phi) is 9.42. The summed E-state index contributed by atoms with van der Waals surface area (Å²) in [7, 11) is -2.77. The highest BCUT2D eigenvalue weighted by atomic mass is 32.2. The molecule has 216 valence electrons. The molecule has 2 heterocycles. The number of rotatable bonds is 10. The Morgan fingerprint density at radius 3 is 2.52 bits per heavy atom. The summed E-state index contributed by atoms with van der Waals surface area (Å²) in [6.45, 7) is 2.40. The fourth-order valence-electron chi connectivity index (χ4n) is 4.48. The first-order valence-electron chi connectivity index (χ1n) is 12.9. The van der Waals surface area contributed by atoms with Gasteiger partial charge in [-0.15, -0.1) is 0 Å². The normalized spacial score (nSPS) is 16.9. The van der Waals surface area contributed by atoms with Gasteiger partial charge in [0.2, 0.25) is 10.0 Å². The molecule has 1 unspecified atom stereocenters. The first-order valence-corrected chi connectivity index (χ1v) is 14.4. The molecule has 1 amide bonds. The van der Waals surface area contributed by atoms with Crippen molar-refractivity contribution in [3.63, 3.8) is 0 Å². The molecule has 2 aliphatic rings. The summed E-state index contributed by atoms with van der Waals surface area (Å²) >= 11 is 0. The van der Waals surface area contributed by atoms with Crippen LogP contribution in [0.25, 0.3) is 0 Å². The molecule has 2 aromatic carbocycles. The largest absolute Gasteiger partial charge is 0.497 e. The van der Waals surface area contributed by atoms with Crippen molar-refractivity contribution in [2.24, 2.45) is 4.99 Å². The van der Waals surface area contributed by atoms with Crippen LogP contribution in [-0.4, -0.2) is 83.3 Å². The Hall–Kier alpha value is -3.91. The third-order valence-corrected chi connectivity index (χ3v) is 8.20. The minimum atomic E-state index is -4.20. The predicted octanol–water partition coefficient (Wildman–Crippen LogP) is 0.904. The van der Waals surface area contributed by atoms with E-state index in [0.29, 0.717) is 24.5 Å². The fraction of sp³-hybridized carbons (Fsp3) is 0.423. The first kappa shape index (κ1) is 29.1. The van der Waals surface area contributed by atoms with E-state index in [1.807, 2.05) is 4.90 Å². The van der Waals surface area contributed by atoms with Crippen molar-refractivity contribution in [3.05, 3.63) is 53.8 Å². The molecular weight excluding hydrogens is 543 g/mol. The molecule has 5 N–H and O–H groups in total. The summed E-state index contributed by atoms with van der Waals surface area (Å²) < 4.78 is 47.3. The Balaban J connectivity index is 1.32. The number of guanidine groups is 1. The Bertz CT molecular complexity index is 1350. The average Bonchev–Trinajstić information content (AvgIpc) is 2.96. The number of benzene rings is 2. The number of nitrogens with zero attached hydrogens (tertiary/aromatic N) is 2. The van der Waals surface area contributed by atoms with Gasteiger partial charge in [0, 0.05) is 44.3 Å². The molecular formula is C26H33FN6O6S. The standard InChI is InChI=1S/C26H33FN6O6S/c1-39-19-4-6-20(7-5-19)40(37,38)32-22(25(35)36)16-30-24(34)17-3-8-23(21(27)15-17)33-13-9-18(10-14-33)31-26-28-11-2-12-29-26/h3-8,15,18,22,32H,2,9-14,16H2,1H3,(H,30,34)(H,35,36)(H2,28,29,31). The van der Waals surface area contributed by atoms with E-state index in [2.05, 4.69) is 25.7 Å². The fourth-order valence-corrected chi connectivity index (χ4v) is 5.67. The second-order valence-corrected chi connectivity index (χ2v) is 11.2. The summed E-state index contributed by atoms with van der Waals surface area (Å²) in [6.07, 6.45) is 2.61. The van der Waals surface area contributed by atoms with Crippen LogP contribution in [0.2, 0.25) is 0 Å². The third kappa shape index (κ3) is 7.39. The van der Waals surface area contributed by atoms with Crippen molar-refractivity contribution in [3.8, 4) is 5.75 Å². The van der Waals surface area contributed by atoms with Gasteiger partial charge in [0.1, 0.15) is 17.6 Å². The number of sulfonamides is 1. The summed E-state index contributed by atoms with van der Waals surface area (Å²) in [6, 6.07) is 8.04. The zero-order chi connectivity index (χ0) is 28.7. The Morgan fingerprint density at radius 2 is 1.93 bits per heavy atom. The monoisotopic (exact) mass is 576 g/mol. The Labute approximate surface area is 232 Å². The molecule has 0 bridgehead atoms. The molecule has 40 heavy (non-hydrogen) atoms. The smallest absolute Gasteiger partial charge is 0.323 e. The maximum Gasteiger partial charge on any atom is 0.323 e. The minimum absolute atomic E-state index is 0.0127. The van der Waals surface area contributed by atoms with Crippen molar-refractivity contribution in [2.75, 3.05) is 44.7 Å². The van der Waals surface area contributed by atoms with E-state index in [9.17, 15) is 27.5 Å². The number of carbonyl (C=O) groups excluding carboxylic acids is 1. The van der Waals surface area contributed by atoms with E-state index in [1.54, 1.807) is 0 Å². The third-order valence-electron chi connectivity index (χ3n) is 6.72. The van der Waals surface area contributed by atoms with Crippen molar-refractivity contribution in [2.45, 2.75) is 36.2 Å². The molecule has 0 saturated carbocycles. The first-order chi connectivity index (χ1) is 19.2. The lowest BCUT2D eigenvalue weighted by Gasteiger charge is -2.35. The number of piperidine rings is 1. The lowest BCUT2D eigenvalue weighted by Crippen LogP contribution is -2.50. The number of ether oxygens (including phenoxy) is 1. The van der Waals surface area contributed by atoms with Crippen molar-refractivity contribution in [1.82, 2.24) is 20.7 Å². The number of carboxylic acids is 1. The minimum Gasteiger partial charge on any atom is -0.497 e. The van der Waals surface area contributed by atoms with Gasteiger partial charge in [-0.05, 0) is 61.7 Å². The van der Waals surface area contributed by atoms with E-state index < -0.39 is 40.3 Å². The number of methoxy groups -OCH3 is 1. The topological polar surface area (TPSA) is 161 Å². The van der Waals surface area contributed by atoms with Crippen LogP contribution in [0, 0.1) is 5.82 Å².